The molecule has 0 unspecified atom stereocenters. The summed E-state index contributed by atoms with van der Waals surface area (Å²) in [6.07, 6.45) is 1.66. The third kappa shape index (κ3) is 4.01. The van der Waals surface area contributed by atoms with Crippen LogP contribution in [-0.2, 0) is 0 Å². The maximum atomic E-state index is 12.1. The summed E-state index contributed by atoms with van der Waals surface area (Å²) in [6.45, 7) is 5.97. The van der Waals surface area contributed by atoms with E-state index in [1.807, 2.05) is 12.1 Å². The second-order valence-corrected chi connectivity index (χ2v) is 5.19. The van der Waals surface area contributed by atoms with E-state index in [9.17, 15) is 4.79 Å². The summed E-state index contributed by atoms with van der Waals surface area (Å²) < 4.78 is 0.630. The van der Waals surface area contributed by atoms with Crippen molar-refractivity contribution in [1.82, 2.24) is 9.97 Å². The molecule has 0 radical (unpaired) electrons. The number of halogens is 1. The summed E-state index contributed by atoms with van der Waals surface area (Å²) in [6, 6.07) is 8.95. The molecule has 5 nitrogen and oxygen atoms in total. The Labute approximate surface area is 132 Å². The van der Waals surface area contributed by atoms with E-state index in [0.717, 1.165) is 18.9 Å². The van der Waals surface area contributed by atoms with Gasteiger partial charge in [0.2, 0.25) is 0 Å². The highest BCUT2D eigenvalue weighted by Gasteiger charge is 2.09. The summed E-state index contributed by atoms with van der Waals surface area (Å²) in [5, 5.41) is 2.78. The van der Waals surface area contributed by atoms with Crippen LogP contribution in [0.1, 0.15) is 24.3 Å². The number of pyridine rings is 2. The van der Waals surface area contributed by atoms with E-state index in [1.54, 1.807) is 24.4 Å². The second kappa shape index (κ2) is 7.17. The quantitative estimate of drug-likeness (QED) is 0.842. The maximum Gasteiger partial charge on any atom is 0.274 e. The Morgan fingerprint density at radius 1 is 1.24 bits per heavy atom. The number of hydrogen-bond acceptors (Lipinski definition) is 4. The highest BCUT2D eigenvalue weighted by molar-refractivity contribution is 9.10. The molecule has 21 heavy (non-hydrogen) atoms. The minimum Gasteiger partial charge on any atom is -0.357 e. The van der Waals surface area contributed by atoms with E-state index >= 15 is 0 Å². The molecule has 0 aliphatic carbocycles. The number of rotatable bonds is 5. The first kappa shape index (κ1) is 15.4. The zero-order valence-corrected chi connectivity index (χ0v) is 13.6. The number of nitrogens with zero attached hydrogens (tertiary/aromatic N) is 3. The van der Waals surface area contributed by atoms with Gasteiger partial charge in [0.15, 0.2) is 0 Å². The summed E-state index contributed by atoms with van der Waals surface area (Å²) in [5.41, 5.74) is 1.01. The Morgan fingerprint density at radius 3 is 2.57 bits per heavy atom. The predicted octanol–water partition coefficient (Wildman–Crippen LogP) is 3.34. The topological polar surface area (TPSA) is 58.1 Å². The molecular weight excluding hydrogens is 332 g/mol. The van der Waals surface area contributed by atoms with Gasteiger partial charge in [0.05, 0.1) is 11.9 Å². The van der Waals surface area contributed by atoms with Crippen LogP contribution in [0, 0.1) is 0 Å². The highest BCUT2D eigenvalue weighted by atomic mass is 79.9. The van der Waals surface area contributed by atoms with Crippen LogP contribution in [-0.4, -0.2) is 29.0 Å². The van der Waals surface area contributed by atoms with Crippen LogP contribution >= 0.6 is 15.9 Å². The molecule has 110 valence electrons. The molecule has 0 aromatic carbocycles. The first-order chi connectivity index (χ1) is 10.1. The average molecular weight is 349 g/mol. The summed E-state index contributed by atoms with van der Waals surface area (Å²) in [5.74, 6) is 0.646. The van der Waals surface area contributed by atoms with Crippen molar-refractivity contribution in [2.45, 2.75) is 13.8 Å². The van der Waals surface area contributed by atoms with Crippen LogP contribution in [0.25, 0.3) is 0 Å². The standard InChI is InChI=1S/C15H17BrN4O/c1-3-20(4-2)14-9-8-11(10-17-14)18-15(21)12-6-5-7-13(16)19-12/h5-10H,3-4H2,1-2H3,(H,18,21). The fourth-order valence-electron chi connectivity index (χ4n) is 1.92. The van der Waals surface area contributed by atoms with Gasteiger partial charge in [-0.05, 0) is 54.0 Å². The second-order valence-electron chi connectivity index (χ2n) is 4.38. The van der Waals surface area contributed by atoms with Gasteiger partial charge in [-0.1, -0.05) is 6.07 Å². The van der Waals surface area contributed by atoms with Gasteiger partial charge < -0.3 is 10.2 Å². The molecular formula is C15H17BrN4O. The molecule has 2 aromatic heterocycles. The molecule has 2 rings (SSSR count). The lowest BCUT2D eigenvalue weighted by Gasteiger charge is -2.19. The van der Waals surface area contributed by atoms with Crippen molar-refractivity contribution in [3.8, 4) is 0 Å². The van der Waals surface area contributed by atoms with Gasteiger partial charge in [0.1, 0.15) is 16.1 Å². The first-order valence-electron chi connectivity index (χ1n) is 6.79. The normalized spacial score (nSPS) is 10.2. The van der Waals surface area contributed by atoms with Gasteiger partial charge in [0, 0.05) is 13.1 Å². The highest BCUT2D eigenvalue weighted by Crippen LogP contribution is 2.15. The van der Waals surface area contributed by atoms with Crippen LogP contribution in [0.3, 0.4) is 0 Å². The Hall–Kier alpha value is -1.95. The largest absolute Gasteiger partial charge is 0.357 e. The number of amides is 1. The van der Waals surface area contributed by atoms with Gasteiger partial charge in [-0.15, -0.1) is 0 Å². The van der Waals surface area contributed by atoms with Gasteiger partial charge in [-0.25, -0.2) is 9.97 Å². The molecule has 0 saturated carbocycles. The molecule has 0 atom stereocenters. The molecule has 0 aliphatic heterocycles. The van der Waals surface area contributed by atoms with E-state index < -0.39 is 0 Å². The first-order valence-corrected chi connectivity index (χ1v) is 7.58. The lowest BCUT2D eigenvalue weighted by molar-refractivity contribution is 0.102. The fraction of sp³-hybridized carbons (Fsp3) is 0.267. The van der Waals surface area contributed by atoms with Crippen molar-refractivity contribution in [2.75, 3.05) is 23.3 Å². The van der Waals surface area contributed by atoms with Crippen LogP contribution in [0.2, 0.25) is 0 Å². The predicted molar refractivity (Wildman–Crippen MR) is 87.7 cm³/mol. The fourth-order valence-corrected chi connectivity index (χ4v) is 2.27. The Kier molecular flexibility index (Phi) is 5.27. The van der Waals surface area contributed by atoms with E-state index in [1.165, 1.54) is 0 Å². The third-order valence-electron chi connectivity index (χ3n) is 3.04. The average Bonchev–Trinajstić information content (AvgIpc) is 2.50. The number of carbonyl (C=O) groups excluding carboxylic acids is 1. The van der Waals surface area contributed by atoms with E-state index in [-0.39, 0.29) is 5.91 Å². The monoisotopic (exact) mass is 348 g/mol. The van der Waals surface area contributed by atoms with E-state index in [4.69, 9.17) is 0 Å². The molecule has 2 heterocycles. The minimum absolute atomic E-state index is 0.256. The number of aromatic nitrogens is 2. The minimum atomic E-state index is -0.256. The molecule has 1 N–H and O–H groups in total. The van der Waals surface area contributed by atoms with Gasteiger partial charge in [-0.2, -0.15) is 0 Å². The molecule has 0 spiro atoms. The van der Waals surface area contributed by atoms with Crippen molar-refractivity contribution in [3.05, 3.63) is 46.8 Å². The van der Waals surface area contributed by atoms with Crippen molar-refractivity contribution in [1.29, 1.82) is 0 Å². The third-order valence-corrected chi connectivity index (χ3v) is 3.48. The molecule has 0 bridgehead atoms. The summed E-state index contributed by atoms with van der Waals surface area (Å²) >= 11 is 3.25. The number of hydrogen-bond donors (Lipinski definition) is 1. The van der Waals surface area contributed by atoms with E-state index in [2.05, 4.69) is 50.0 Å². The van der Waals surface area contributed by atoms with Crippen LogP contribution in [0.15, 0.2) is 41.1 Å². The maximum absolute atomic E-state index is 12.1. The molecule has 2 aromatic rings. The van der Waals surface area contributed by atoms with Crippen molar-refractivity contribution < 1.29 is 4.79 Å². The zero-order valence-electron chi connectivity index (χ0n) is 12.0. The molecule has 0 saturated heterocycles. The van der Waals surface area contributed by atoms with E-state index in [0.29, 0.717) is 16.0 Å². The van der Waals surface area contributed by atoms with Crippen molar-refractivity contribution >= 4 is 33.3 Å². The molecule has 0 fully saturated rings. The summed E-state index contributed by atoms with van der Waals surface area (Å²) in [7, 11) is 0. The van der Waals surface area contributed by atoms with Crippen molar-refractivity contribution in [2.24, 2.45) is 0 Å². The van der Waals surface area contributed by atoms with Gasteiger partial charge >= 0.3 is 0 Å². The van der Waals surface area contributed by atoms with Crippen LogP contribution in [0.4, 0.5) is 11.5 Å². The lowest BCUT2D eigenvalue weighted by Crippen LogP contribution is -2.23. The van der Waals surface area contributed by atoms with Crippen LogP contribution in [0.5, 0.6) is 0 Å². The number of anilines is 2. The van der Waals surface area contributed by atoms with Gasteiger partial charge in [-0.3, -0.25) is 4.79 Å². The van der Waals surface area contributed by atoms with Crippen LogP contribution < -0.4 is 10.2 Å². The smallest absolute Gasteiger partial charge is 0.274 e. The van der Waals surface area contributed by atoms with Gasteiger partial charge in [0.25, 0.3) is 5.91 Å². The molecule has 6 heteroatoms. The molecule has 1 amide bonds. The SMILES string of the molecule is CCN(CC)c1ccc(NC(=O)c2cccc(Br)n2)cn1. The molecule has 0 aliphatic rings. The lowest BCUT2D eigenvalue weighted by atomic mass is 10.3. The Bertz CT molecular complexity index is 611. The van der Waals surface area contributed by atoms with Crippen molar-refractivity contribution in [3.63, 3.8) is 0 Å². The Morgan fingerprint density at radius 2 is 2.00 bits per heavy atom. The zero-order chi connectivity index (χ0) is 15.2. The Balaban J connectivity index is 2.08. The summed E-state index contributed by atoms with van der Waals surface area (Å²) in [4.78, 5) is 22.7. The number of carbonyl (C=O) groups is 1. The number of nitrogens with one attached hydrogen (secondary N) is 1.